The fourth-order valence-electron chi connectivity index (χ4n) is 2.58. The molecule has 1 heterocycles. The number of nitrogens with zero attached hydrogens (tertiary/aromatic N) is 1. The number of nitrogens with one attached hydrogen (secondary N) is 1. The zero-order valence-electron chi connectivity index (χ0n) is 13.4. The Labute approximate surface area is 137 Å². The molecule has 0 bridgehead atoms. The van der Waals surface area contributed by atoms with Gasteiger partial charge >= 0.3 is 12.0 Å². The van der Waals surface area contributed by atoms with E-state index in [2.05, 4.69) is 5.32 Å². The first-order valence-corrected chi connectivity index (χ1v) is 7.55. The Kier molecular flexibility index (Phi) is 5.16. The average molecular weight is 340 g/mol. The number of esters is 1. The van der Waals surface area contributed by atoms with Gasteiger partial charge in [0, 0.05) is 18.5 Å². The number of imide groups is 1. The summed E-state index contributed by atoms with van der Waals surface area (Å²) >= 11 is 0. The van der Waals surface area contributed by atoms with Crippen LogP contribution in [0.5, 0.6) is 0 Å². The van der Waals surface area contributed by atoms with Crippen molar-refractivity contribution >= 4 is 17.9 Å². The summed E-state index contributed by atoms with van der Waals surface area (Å²) in [6.07, 6.45) is 0.273. The number of carbonyl (C=O) groups is 3. The predicted molar refractivity (Wildman–Crippen MR) is 79.8 cm³/mol. The molecule has 1 aromatic carbocycles. The fraction of sp³-hybridized carbons (Fsp3) is 0.438. The molecule has 24 heavy (non-hydrogen) atoms. The second kappa shape index (κ2) is 6.94. The van der Waals surface area contributed by atoms with E-state index in [9.17, 15) is 23.2 Å². The minimum atomic E-state index is -1.69. The van der Waals surface area contributed by atoms with Gasteiger partial charge in [-0.05, 0) is 38.5 Å². The number of hydrogen-bond donors (Lipinski definition) is 1. The topological polar surface area (TPSA) is 75.7 Å². The third-order valence-corrected chi connectivity index (χ3v) is 3.81. The van der Waals surface area contributed by atoms with E-state index < -0.39 is 35.1 Å². The Morgan fingerprint density at radius 2 is 2.04 bits per heavy atom. The molecule has 1 N–H and O–H groups in total. The lowest BCUT2D eigenvalue weighted by atomic mass is 9.91. The van der Waals surface area contributed by atoms with Gasteiger partial charge in [-0.15, -0.1) is 0 Å². The molecule has 130 valence electrons. The second-order valence-electron chi connectivity index (χ2n) is 5.54. The summed E-state index contributed by atoms with van der Waals surface area (Å²) in [5.41, 5.74) is -1.93. The Morgan fingerprint density at radius 3 is 2.71 bits per heavy atom. The van der Waals surface area contributed by atoms with Gasteiger partial charge in [-0.1, -0.05) is 0 Å². The largest absolute Gasteiger partial charge is 0.466 e. The van der Waals surface area contributed by atoms with Crippen LogP contribution in [-0.2, 0) is 19.9 Å². The lowest BCUT2D eigenvalue weighted by molar-refractivity contribution is -0.143. The van der Waals surface area contributed by atoms with Crippen molar-refractivity contribution in [1.29, 1.82) is 0 Å². The zero-order valence-corrected chi connectivity index (χ0v) is 13.4. The van der Waals surface area contributed by atoms with Gasteiger partial charge < -0.3 is 10.1 Å². The molecule has 2 rings (SSSR count). The highest BCUT2D eigenvalue weighted by molar-refractivity contribution is 6.07. The second-order valence-corrected chi connectivity index (χ2v) is 5.54. The number of urea groups is 1. The highest BCUT2D eigenvalue weighted by Crippen LogP contribution is 2.31. The van der Waals surface area contributed by atoms with Gasteiger partial charge in [0.25, 0.3) is 5.91 Å². The molecule has 0 aromatic heterocycles. The number of carbonyl (C=O) groups excluding carboxylic acids is 3. The summed E-state index contributed by atoms with van der Waals surface area (Å²) < 4.78 is 32.2. The van der Waals surface area contributed by atoms with Gasteiger partial charge in [-0.2, -0.15) is 0 Å². The third-order valence-electron chi connectivity index (χ3n) is 3.81. The van der Waals surface area contributed by atoms with Crippen LogP contribution in [0.3, 0.4) is 0 Å². The third kappa shape index (κ3) is 3.37. The van der Waals surface area contributed by atoms with Gasteiger partial charge in [-0.3, -0.25) is 14.5 Å². The molecule has 1 unspecified atom stereocenters. The Balaban J connectivity index is 2.13. The predicted octanol–water partition coefficient (Wildman–Crippen LogP) is 2.08. The SMILES string of the molecule is CCOC(=O)CCCN1C(=O)NC(C)(c2cc(F)ccc2F)C1=O. The van der Waals surface area contributed by atoms with Crippen LogP contribution in [-0.4, -0.2) is 36.0 Å². The first-order chi connectivity index (χ1) is 11.3. The standard InChI is InChI=1S/C16H18F2N2O4/c1-3-24-13(21)5-4-8-20-14(22)16(2,19-15(20)23)11-9-10(17)6-7-12(11)18/h6-7,9H,3-5,8H2,1-2H3,(H,19,23). The van der Waals surface area contributed by atoms with Crippen LogP contribution in [0.4, 0.5) is 13.6 Å². The maximum atomic E-state index is 14.0. The van der Waals surface area contributed by atoms with Crippen molar-refractivity contribution in [2.24, 2.45) is 0 Å². The van der Waals surface area contributed by atoms with Gasteiger partial charge in [0.15, 0.2) is 0 Å². The Bertz CT molecular complexity index is 680. The molecule has 1 aromatic rings. The highest BCUT2D eigenvalue weighted by atomic mass is 19.1. The van der Waals surface area contributed by atoms with Crippen LogP contribution >= 0.6 is 0 Å². The molecule has 8 heteroatoms. The van der Waals surface area contributed by atoms with E-state index in [1.54, 1.807) is 6.92 Å². The van der Waals surface area contributed by atoms with Crippen molar-refractivity contribution in [2.45, 2.75) is 32.2 Å². The van der Waals surface area contributed by atoms with Crippen molar-refractivity contribution in [2.75, 3.05) is 13.2 Å². The summed E-state index contributed by atoms with van der Waals surface area (Å²) in [5.74, 6) is -2.62. The normalized spacial score (nSPS) is 20.2. The van der Waals surface area contributed by atoms with Crippen molar-refractivity contribution < 1.29 is 27.9 Å². The van der Waals surface area contributed by atoms with Crippen LogP contribution in [0, 0.1) is 11.6 Å². The molecule has 0 spiro atoms. The summed E-state index contributed by atoms with van der Waals surface area (Å²) in [4.78, 5) is 36.8. The van der Waals surface area contributed by atoms with Crippen LogP contribution in [0.25, 0.3) is 0 Å². The molecule has 0 radical (unpaired) electrons. The van der Waals surface area contributed by atoms with Crippen molar-refractivity contribution in [3.05, 3.63) is 35.4 Å². The molecule has 1 fully saturated rings. The quantitative estimate of drug-likeness (QED) is 0.635. The molecular weight excluding hydrogens is 322 g/mol. The number of ether oxygens (including phenoxy) is 1. The van der Waals surface area contributed by atoms with Gasteiger partial charge in [0.05, 0.1) is 6.61 Å². The summed E-state index contributed by atoms with van der Waals surface area (Å²) in [6.45, 7) is 3.22. The molecule has 3 amide bonds. The van der Waals surface area contributed by atoms with Crippen LogP contribution in [0.15, 0.2) is 18.2 Å². The number of hydrogen-bond acceptors (Lipinski definition) is 4. The average Bonchev–Trinajstić information content (AvgIpc) is 2.74. The minimum absolute atomic E-state index is 0.0179. The zero-order chi connectivity index (χ0) is 17.9. The van der Waals surface area contributed by atoms with E-state index in [1.165, 1.54) is 6.92 Å². The number of amides is 3. The summed E-state index contributed by atoms with van der Waals surface area (Å²) in [7, 11) is 0. The number of halogens is 2. The molecule has 6 nitrogen and oxygen atoms in total. The van der Waals surface area contributed by atoms with Crippen LogP contribution in [0.1, 0.15) is 32.3 Å². The summed E-state index contributed by atoms with van der Waals surface area (Å²) in [5, 5.41) is 2.39. The minimum Gasteiger partial charge on any atom is -0.466 e. The molecule has 1 atom stereocenters. The molecule has 1 aliphatic rings. The lowest BCUT2D eigenvalue weighted by Crippen LogP contribution is -2.42. The van der Waals surface area contributed by atoms with E-state index in [-0.39, 0.29) is 31.6 Å². The smallest absolute Gasteiger partial charge is 0.325 e. The highest BCUT2D eigenvalue weighted by Gasteiger charge is 2.50. The maximum Gasteiger partial charge on any atom is 0.325 e. The number of rotatable bonds is 6. The Morgan fingerprint density at radius 1 is 1.33 bits per heavy atom. The molecule has 0 saturated carbocycles. The van der Waals surface area contributed by atoms with Gasteiger partial charge in [0.2, 0.25) is 0 Å². The monoisotopic (exact) mass is 340 g/mol. The molecule has 1 aliphatic heterocycles. The van der Waals surface area contributed by atoms with Gasteiger partial charge in [-0.25, -0.2) is 13.6 Å². The van der Waals surface area contributed by atoms with Gasteiger partial charge in [0.1, 0.15) is 17.2 Å². The first kappa shape index (κ1) is 17.8. The van der Waals surface area contributed by atoms with E-state index >= 15 is 0 Å². The lowest BCUT2D eigenvalue weighted by Gasteiger charge is -2.22. The fourth-order valence-corrected chi connectivity index (χ4v) is 2.58. The van der Waals surface area contributed by atoms with E-state index in [0.717, 1.165) is 23.1 Å². The summed E-state index contributed by atoms with van der Waals surface area (Å²) in [6, 6.07) is 2.00. The van der Waals surface area contributed by atoms with E-state index in [4.69, 9.17) is 4.74 Å². The van der Waals surface area contributed by atoms with Crippen molar-refractivity contribution in [3.63, 3.8) is 0 Å². The molecule has 0 aliphatic carbocycles. The van der Waals surface area contributed by atoms with E-state index in [0.29, 0.717) is 0 Å². The van der Waals surface area contributed by atoms with Crippen molar-refractivity contribution in [3.8, 4) is 0 Å². The number of benzene rings is 1. The maximum absolute atomic E-state index is 14.0. The van der Waals surface area contributed by atoms with Crippen molar-refractivity contribution in [1.82, 2.24) is 10.2 Å². The Hall–Kier alpha value is -2.51. The molecular formula is C16H18F2N2O4. The first-order valence-electron chi connectivity index (χ1n) is 7.55. The van der Waals surface area contributed by atoms with Crippen LogP contribution in [0.2, 0.25) is 0 Å². The van der Waals surface area contributed by atoms with E-state index in [1.807, 2.05) is 0 Å². The molecule has 1 saturated heterocycles. The van der Waals surface area contributed by atoms with Crippen LogP contribution < -0.4 is 5.32 Å².